The lowest BCUT2D eigenvalue weighted by Gasteiger charge is -2.26. The van der Waals surface area contributed by atoms with Gasteiger partial charge in [0, 0.05) is 17.5 Å². The first-order valence-corrected chi connectivity index (χ1v) is 10.9. The van der Waals surface area contributed by atoms with Gasteiger partial charge in [-0.05, 0) is 42.5 Å². The highest BCUT2D eigenvalue weighted by Gasteiger charge is 2.35. The van der Waals surface area contributed by atoms with Gasteiger partial charge in [0.15, 0.2) is 0 Å². The maximum absolute atomic E-state index is 13.4. The highest BCUT2D eigenvalue weighted by atomic mass is 35.5. The summed E-state index contributed by atoms with van der Waals surface area (Å²) in [7, 11) is 3.15. The molecule has 0 amide bonds. The van der Waals surface area contributed by atoms with Gasteiger partial charge in [0.05, 0.1) is 42.2 Å². The Morgan fingerprint density at radius 3 is 2.32 bits per heavy atom. The van der Waals surface area contributed by atoms with Crippen LogP contribution >= 0.6 is 11.6 Å². The minimum absolute atomic E-state index is 0.173. The zero-order valence-corrected chi connectivity index (χ0v) is 19.3. The molecular formula is C26H22ClF3N2O2. The monoisotopic (exact) mass is 486 g/mol. The van der Waals surface area contributed by atoms with E-state index in [4.69, 9.17) is 21.1 Å². The van der Waals surface area contributed by atoms with Crippen molar-refractivity contribution in [2.45, 2.75) is 18.6 Å². The molecule has 1 atom stereocenters. The van der Waals surface area contributed by atoms with Crippen LogP contribution in [0.4, 0.5) is 18.9 Å². The Bertz CT molecular complexity index is 1240. The molecule has 0 spiro atoms. The van der Waals surface area contributed by atoms with Crippen molar-refractivity contribution >= 4 is 29.1 Å². The zero-order valence-electron chi connectivity index (χ0n) is 18.5. The van der Waals surface area contributed by atoms with E-state index in [1.165, 1.54) is 11.1 Å². The second-order valence-corrected chi connectivity index (χ2v) is 8.04. The number of alkyl halides is 3. The third-order valence-electron chi connectivity index (χ3n) is 5.55. The number of hydrazone groups is 1. The fraction of sp³-hybridized carbons (Fsp3) is 0.192. The van der Waals surface area contributed by atoms with Crippen LogP contribution in [0.2, 0.25) is 5.02 Å². The Morgan fingerprint density at radius 1 is 0.941 bits per heavy atom. The quantitative estimate of drug-likeness (QED) is 0.364. The second kappa shape index (κ2) is 9.81. The van der Waals surface area contributed by atoms with Gasteiger partial charge in [-0.2, -0.15) is 18.3 Å². The third-order valence-corrected chi connectivity index (χ3v) is 5.87. The second-order valence-electron chi connectivity index (χ2n) is 7.64. The van der Waals surface area contributed by atoms with Crippen molar-refractivity contribution in [3.05, 3.63) is 94.5 Å². The summed E-state index contributed by atoms with van der Waals surface area (Å²) in [6.45, 7) is 0. The number of nitrogens with zero attached hydrogens (tertiary/aromatic N) is 2. The largest absolute Gasteiger partial charge is 0.496 e. The number of hydrogen-bond acceptors (Lipinski definition) is 4. The zero-order chi connectivity index (χ0) is 24.3. The van der Waals surface area contributed by atoms with Crippen LogP contribution in [0.5, 0.6) is 11.5 Å². The number of ether oxygens (including phenoxy) is 2. The van der Waals surface area contributed by atoms with Crippen LogP contribution in [0.25, 0.3) is 6.08 Å². The topological polar surface area (TPSA) is 34.1 Å². The minimum Gasteiger partial charge on any atom is -0.496 e. The van der Waals surface area contributed by atoms with Crippen LogP contribution in [0.3, 0.4) is 0 Å². The van der Waals surface area contributed by atoms with Gasteiger partial charge in [0.2, 0.25) is 0 Å². The van der Waals surface area contributed by atoms with Crippen molar-refractivity contribution in [3.8, 4) is 11.5 Å². The third kappa shape index (κ3) is 4.89. The van der Waals surface area contributed by atoms with Crippen molar-refractivity contribution in [1.82, 2.24) is 0 Å². The summed E-state index contributed by atoms with van der Waals surface area (Å²) >= 11 is 6.37. The molecule has 176 valence electrons. The lowest BCUT2D eigenvalue weighted by Crippen LogP contribution is -2.20. The van der Waals surface area contributed by atoms with Crippen LogP contribution in [0.1, 0.15) is 29.2 Å². The first-order valence-electron chi connectivity index (χ1n) is 10.5. The summed E-state index contributed by atoms with van der Waals surface area (Å²) in [4.78, 5) is 0. The average Bonchev–Trinajstić information content (AvgIpc) is 3.26. The SMILES string of the molecule is COc1ccccc1/C=C\C1=NN(c2cc(C(F)(F)F)ccc2Cl)[C@H](c2ccccc2OC)C1. The highest BCUT2D eigenvalue weighted by Crippen LogP contribution is 2.43. The van der Waals surface area contributed by atoms with Gasteiger partial charge in [-0.15, -0.1) is 0 Å². The average molecular weight is 487 g/mol. The van der Waals surface area contributed by atoms with Crippen molar-refractivity contribution < 1.29 is 22.6 Å². The number of allylic oxidation sites excluding steroid dienone is 1. The van der Waals surface area contributed by atoms with Crippen molar-refractivity contribution in [1.29, 1.82) is 0 Å². The number of hydrogen-bond donors (Lipinski definition) is 0. The molecule has 1 heterocycles. The molecule has 4 rings (SSSR count). The molecule has 4 nitrogen and oxygen atoms in total. The van der Waals surface area contributed by atoms with Crippen LogP contribution in [-0.4, -0.2) is 19.9 Å². The van der Waals surface area contributed by atoms with E-state index in [-0.39, 0.29) is 10.7 Å². The summed E-state index contributed by atoms with van der Waals surface area (Å²) < 4.78 is 51.2. The number of benzene rings is 3. The lowest BCUT2D eigenvalue weighted by molar-refractivity contribution is -0.137. The summed E-state index contributed by atoms with van der Waals surface area (Å²) in [5, 5.41) is 6.37. The molecule has 3 aromatic carbocycles. The summed E-state index contributed by atoms with van der Waals surface area (Å²) in [6.07, 6.45) is -0.357. The Labute approximate surface area is 200 Å². The number of methoxy groups -OCH3 is 2. The van der Waals surface area contributed by atoms with Gasteiger partial charge in [-0.1, -0.05) is 48.0 Å². The summed E-state index contributed by atoms with van der Waals surface area (Å²) in [5.41, 5.74) is 1.71. The van der Waals surface area contributed by atoms with E-state index in [9.17, 15) is 13.2 Å². The fourth-order valence-electron chi connectivity index (χ4n) is 3.89. The van der Waals surface area contributed by atoms with Gasteiger partial charge in [0.1, 0.15) is 11.5 Å². The van der Waals surface area contributed by atoms with Gasteiger partial charge in [0.25, 0.3) is 0 Å². The molecule has 0 saturated heterocycles. The number of anilines is 1. The smallest absolute Gasteiger partial charge is 0.416 e. The Kier molecular flexibility index (Phi) is 6.84. The molecule has 0 aliphatic carbocycles. The summed E-state index contributed by atoms with van der Waals surface area (Å²) in [5.74, 6) is 1.32. The molecule has 0 saturated carbocycles. The maximum atomic E-state index is 13.4. The lowest BCUT2D eigenvalue weighted by atomic mass is 9.99. The molecule has 8 heteroatoms. The molecule has 1 aliphatic heterocycles. The number of para-hydroxylation sites is 2. The van der Waals surface area contributed by atoms with Crippen LogP contribution in [0.15, 0.2) is 77.9 Å². The van der Waals surface area contributed by atoms with E-state index in [0.717, 1.165) is 23.3 Å². The molecule has 1 aliphatic rings. The van der Waals surface area contributed by atoms with E-state index >= 15 is 0 Å². The standard InChI is InChI=1S/C26H22ClF3N2O2/c1-33-24-9-5-3-7-17(24)11-13-19-16-22(20-8-4-6-10-25(20)34-2)32(31-19)23-15-18(26(28,29)30)12-14-21(23)27/h3-15,22H,16H2,1-2H3/b13-11-/t22-/m0/s1. The molecule has 3 aromatic rings. The van der Waals surface area contributed by atoms with Crippen molar-refractivity contribution in [2.75, 3.05) is 19.2 Å². The number of halogens is 4. The normalized spacial score (nSPS) is 16.1. The van der Waals surface area contributed by atoms with E-state index in [2.05, 4.69) is 5.10 Å². The molecule has 0 unspecified atom stereocenters. The van der Waals surface area contributed by atoms with E-state index in [1.54, 1.807) is 14.2 Å². The van der Waals surface area contributed by atoms with E-state index < -0.39 is 17.8 Å². The molecule has 0 radical (unpaired) electrons. The Balaban J connectivity index is 1.78. The highest BCUT2D eigenvalue weighted by molar-refractivity contribution is 6.33. The molecule has 0 bridgehead atoms. The van der Waals surface area contributed by atoms with Gasteiger partial charge >= 0.3 is 6.18 Å². The van der Waals surface area contributed by atoms with Gasteiger partial charge in [-0.25, -0.2) is 0 Å². The van der Waals surface area contributed by atoms with Crippen LogP contribution in [0, 0.1) is 0 Å². The number of rotatable bonds is 6. The van der Waals surface area contributed by atoms with E-state index in [0.29, 0.717) is 23.6 Å². The first kappa shape index (κ1) is 23.7. The Morgan fingerprint density at radius 2 is 1.62 bits per heavy atom. The molecule has 34 heavy (non-hydrogen) atoms. The maximum Gasteiger partial charge on any atom is 0.416 e. The van der Waals surface area contributed by atoms with Crippen molar-refractivity contribution in [2.24, 2.45) is 5.10 Å². The minimum atomic E-state index is -4.50. The van der Waals surface area contributed by atoms with Gasteiger partial charge in [-0.3, -0.25) is 5.01 Å². The molecule has 0 fully saturated rings. The van der Waals surface area contributed by atoms with E-state index in [1.807, 2.05) is 60.7 Å². The molecular weight excluding hydrogens is 465 g/mol. The van der Waals surface area contributed by atoms with Crippen molar-refractivity contribution in [3.63, 3.8) is 0 Å². The van der Waals surface area contributed by atoms with Crippen LogP contribution < -0.4 is 14.5 Å². The van der Waals surface area contributed by atoms with Gasteiger partial charge < -0.3 is 9.47 Å². The summed E-state index contributed by atoms with van der Waals surface area (Å²) in [6, 6.07) is 17.7. The molecule has 0 N–H and O–H groups in total. The first-order chi connectivity index (χ1) is 16.3. The predicted octanol–water partition coefficient (Wildman–Crippen LogP) is 7.40. The predicted molar refractivity (Wildman–Crippen MR) is 129 cm³/mol. The Hall–Kier alpha value is -3.45. The van der Waals surface area contributed by atoms with Crippen LogP contribution in [-0.2, 0) is 6.18 Å². The molecule has 0 aromatic heterocycles. The fourth-order valence-corrected chi connectivity index (χ4v) is 4.10.